The Hall–Kier alpha value is -1.92. The monoisotopic (exact) mass is 324 g/mol. The predicted octanol–water partition coefficient (Wildman–Crippen LogP) is 3.55. The summed E-state index contributed by atoms with van der Waals surface area (Å²) in [5.41, 5.74) is 1.47. The van der Waals surface area contributed by atoms with Gasteiger partial charge in [0.15, 0.2) is 5.69 Å². The zero-order valence-corrected chi connectivity index (χ0v) is 13.0. The summed E-state index contributed by atoms with van der Waals surface area (Å²) >= 11 is 7.16. The molecule has 1 aromatic heterocycles. The van der Waals surface area contributed by atoms with E-state index >= 15 is 0 Å². The number of aryl methyl sites for hydroxylation is 1. The number of nitrogens with zero attached hydrogens (tertiary/aromatic N) is 1. The van der Waals surface area contributed by atoms with Gasteiger partial charge in [0.05, 0.1) is 5.92 Å². The number of amides is 1. The van der Waals surface area contributed by atoms with E-state index in [4.69, 9.17) is 16.7 Å². The zero-order chi connectivity index (χ0) is 15.6. The largest absolute Gasteiger partial charge is 0.476 e. The van der Waals surface area contributed by atoms with Crippen molar-refractivity contribution in [3.8, 4) is 0 Å². The Morgan fingerprint density at radius 1 is 1.43 bits per heavy atom. The molecule has 0 aliphatic heterocycles. The molecule has 0 radical (unpaired) electrons. The van der Waals surface area contributed by atoms with E-state index in [2.05, 4.69) is 10.3 Å². The molecule has 2 aromatic rings. The quantitative estimate of drug-likeness (QED) is 0.901. The van der Waals surface area contributed by atoms with Crippen LogP contribution in [-0.4, -0.2) is 22.0 Å². The summed E-state index contributed by atoms with van der Waals surface area (Å²) in [6.07, 6.45) is 0. The van der Waals surface area contributed by atoms with Crippen LogP contribution in [0.1, 0.15) is 33.9 Å². The molecule has 0 unspecified atom stereocenters. The summed E-state index contributed by atoms with van der Waals surface area (Å²) in [4.78, 5) is 26.9. The molecule has 0 aliphatic rings. The standard InChI is InChI=1S/C14H13ClN2O3S/c1-7-3-4-9(5-10(7)15)16-12(18)8(2)13-17-11(6-21-13)14(19)20/h3-6,8H,1-2H3,(H,16,18)(H,19,20)/t8-/m1/s1. The lowest BCUT2D eigenvalue weighted by Crippen LogP contribution is -2.19. The third-order valence-electron chi connectivity index (χ3n) is 2.94. The van der Waals surface area contributed by atoms with Crippen molar-refractivity contribution in [2.75, 3.05) is 5.32 Å². The third kappa shape index (κ3) is 3.59. The molecule has 110 valence electrons. The van der Waals surface area contributed by atoms with Crippen molar-refractivity contribution in [3.05, 3.63) is 44.9 Å². The molecule has 2 N–H and O–H groups in total. The molecule has 0 aliphatic carbocycles. The number of hydrogen-bond acceptors (Lipinski definition) is 4. The van der Waals surface area contributed by atoms with Gasteiger partial charge < -0.3 is 10.4 Å². The molecule has 0 saturated carbocycles. The van der Waals surface area contributed by atoms with Crippen LogP contribution in [0.3, 0.4) is 0 Å². The second-order valence-corrected chi connectivity index (χ2v) is 5.85. The van der Waals surface area contributed by atoms with E-state index in [-0.39, 0.29) is 11.6 Å². The molecule has 2 rings (SSSR count). The smallest absolute Gasteiger partial charge is 0.355 e. The van der Waals surface area contributed by atoms with Crippen molar-refractivity contribution in [2.24, 2.45) is 0 Å². The maximum absolute atomic E-state index is 12.2. The molecule has 1 amide bonds. The van der Waals surface area contributed by atoms with Crippen LogP contribution >= 0.6 is 22.9 Å². The summed E-state index contributed by atoms with van der Waals surface area (Å²) in [5, 5.41) is 14.0. The van der Waals surface area contributed by atoms with Gasteiger partial charge in [-0.15, -0.1) is 11.3 Å². The number of carbonyl (C=O) groups is 2. The van der Waals surface area contributed by atoms with E-state index in [1.165, 1.54) is 5.38 Å². The Labute approximate surface area is 130 Å². The van der Waals surface area contributed by atoms with Gasteiger partial charge in [-0.05, 0) is 31.5 Å². The first kappa shape index (κ1) is 15.5. The minimum Gasteiger partial charge on any atom is -0.476 e. The van der Waals surface area contributed by atoms with Gasteiger partial charge in [-0.1, -0.05) is 17.7 Å². The van der Waals surface area contributed by atoms with Crippen molar-refractivity contribution >= 4 is 40.5 Å². The van der Waals surface area contributed by atoms with Crippen LogP contribution in [0, 0.1) is 6.92 Å². The van der Waals surface area contributed by atoms with Gasteiger partial charge in [-0.2, -0.15) is 0 Å². The first-order chi connectivity index (χ1) is 9.88. The van der Waals surface area contributed by atoms with Crippen LogP contribution in [0.2, 0.25) is 5.02 Å². The SMILES string of the molecule is Cc1ccc(NC(=O)[C@@H](C)c2nc(C(=O)O)cs2)cc1Cl. The van der Waals surface area contributed by atoms with Crippen molar-refractivity contribution < 1.29 is 14.7 Å². The molecule has 0 fully saturated rings. The topological polar surface area (TPSA) is 79.3 Å². The van der Waals surface area contributed by atoms with Crippen molar-refractivity contribution in [3.63, 3.8) is 0 Å². The van der Waals surface area contributed by atoms with Crippen molar-refractivity contribution in [1.29, 1.82) is 0 Å². The summed E-state index contributed by atoms with van der Waals surface area (Å²) < 4.78 is 0. The van der Waals surface area contributed by atoms with Gasteiger partial charge >= 0.3 is 5.97 Å². The number of hydrogen-bond donors (Lipinski definition) is 2. The highest BCUT2D eigenvalue weighted by molar-refractivity contribution is 7.10. The molecular weight excluding hydrogens is 312 g/mol. The number of nitrogens with one attached hydrogen (secondary N) is 1. The summed E-state index contributed by atoms with van der Waals surface area (Å²) in [6.45, 7) is 3.55. The molecule has 0 spiro atoms. The maximum atomic E-state index is 12.2. The highest BCUT2D eigenvalue weighted by Gasteiger charge is 2.20. The van der Waals surface area contributed by atoms with Crippen LogP contribution < -0.4 is 5.32 Å². The lowest BCUT2D eigenvalue weighted by molar-refractivity contribution is -0.117. The number of rotatable bonds is 4. The number of aromatic nitrogens is 1. The van der Waals surface area contributed by atoms with E-state index in [1.54, 1.807) is 19.1 Å². The lowest BCUT2D eigenvalue weighted by Gasteiger charge is -2.10. The Morgan fingerprint density at radius 3 is 2.71 bits per heavy atom. The second kappa shape index (κ2) is 6.24. The fourth-order valence-electron chi connectivity index (χ4n) is 1.62. The van der Waals surface area contributed by atoms with Crippen molar-refractivity contribution in [1.82, 2.24) is 4.98 Å². The zero-order valence-electron chi connectivity index (χ0n) is 11.4. The first-order valence-electron chi connectivity index (χ1n) is 6.14. The molecule has 21 heavy (non-hydrogen) atoms. The molecule has 1 atom stereocenters. The Morgan fingerprint density at radius 2 is 2.14 bits per heavy atom. The lowest BCUT2D eigenvalue weighted by atomic mass is 10.1. The highest BCUT2D eigenvalue weighted by atomic mass is 35.5. The molecule has 5 nitrogen and oxygen atoms in total. The van der Waals surface area contributed by atoms with E-state index in [0.29, 0.717) is 15.7 Å². The van der Waals surface area contributed by atoms with Gasteiger partial charge in [0, 0.05) is 16.1 Å². The van der Waals surface area contributed by atoms with E-state index in [0.717, 1.165) is 16.9 Å². The summed E-state index contributed by atoms with van der Waals surface area (Å²) in [7, 11) is 0. The number of thiazole rings is 1. The van der Waals surface area contributed by atoms with Gasteiger partial charge in [0.1, 0.15) is 5.01 Å². The Kier molecular flexibility index (Phi) is 4.59. The summed E-state index contributed by atoms with van der Waals surface area (Å²) in [6, 6.07) is 5.25. The number of carboxylic acid groups (broad SMARTS) is 1. The fourth-order valence-corrected chi connectivity index (χ4v) is 2.65. The second-order valence-electron chi connectivity index (χ2n) is 4.55. The number of carbonyl (C=O) groups excluding carboxylic acids is 1. The van der Waals surface area contributed by atoms with Gasteiger partial charge in [0.25, 0.3) is 0 Å². The number of carboxylic acids is 1. The average Bonchev–Trinajstić information content (AvgIpc) is 2.92. The van der Waals surface area contributed by atoms with Gasteiger partial charge in [-0.3, -0.25) is 4.79 Å². The minimum absolute atomic E-state index is 0.0481. The molecule has 1 heterocycles. The molecule has 1 aromatic carbocycles. The molecule has 7 heteroatoms. The van der Waals surface area contributed by atoms with Crippen LogP contribution in [-0.2, 0) is 4.79 Å². The maximum Gasteiger partial charge on any atom is 0.355 e. The normalized spacial score (nSPS) is 12.0. The number of aromatic carboxylic acids is 1. The van der Waals surface area contributed by atoms with Gasteiger partial charge in [0.2, 0.25) is 5.91 Å². The fraction of sp³-hybridized carbons (Fsp3) is 0.214. The highest BCUT2D eigenvalue weighted by Crippen LogP contribution is 2.24. The van der Waals surface area contributed by atoms with Crippen LogP contribution in [0.4, 0.5) is 5.69 Å². The number of benzene rings is 1. The molecular formula is C14H13ClN2O3S. The van der Waals surface area contributed by atoms with E-state index in [1.807, 2.05) is 13.0 Å². The Balaban J connectivity index is 2.11. The minimum atomic E-state index is -1.10. The number of halogens is 1. The van der Waals surface area contributed by atoms with Crippen LogP contribution in [0.5, 0.6) is 0 Å². The average molecular weight is 325 g/mol. The van der Waals surface area contributed by atoms with Crippen LogP contribution in [0.25, 0.3) is 0 Å². The predicted molar refractivity (Wildman–Crippen MR) is 82.3 cm³/mol. The first-order valence-corrected chi connectivity index (χ1v) is 7.40. The molecule has 0 bridgehead atoms. The number of anilines is 1. The summed E-state index contributed by atoms with van der Waals surface area (Å²) in [5.74, 6) is -1.90. The van der Waals surface area contributed by atoms with Gasteiger partial charge in [-0.25, -0.2) is 9.78 Å². The Bertz CT molecular complexity index is 699. The molecule has 0 saturated heterocycles. The van der Waals surface area contributed by atoms with E-state index in [9.17, 15) is 9.59 Å². The van der Waals surface area contributed by atoms with Crippen LogP contribution in [0.15, 0.2) is 23.6 Å². The van der Waals surface area contributed by atoms with Crippen molar-refractivity contribution in [2.45, 2.75) is 19.8 Å². The van der Waals surface area contributed by atoms with E-state index < -0.39 is 11.9 Å². The third-order valence-corrected chi connectivity index (χ3v) is 4.38.